The topological polar surface area (TPSA) is 73.7 Å². The van der Waals surface area contributed by atoms with Crippen LogP contribution in [0.3, 0.4) is 0 Å². The Labute approximate surface area is 175 Å². The van der Waals surface area contributed by atoms with Crippen molar-refractivity contribution in [3.8, 4) is 5.75 Å². The summed E-state index contributed by atoms with van der Waals surface area (Å²) in [6.07, 6.45) is 5.89. The minimum absolute atomic E-state index is 0.0726. The standard InChI is InChI=1S/C22H24FN3O3S/c1-14-8-17(26-30(2,3)27)11-20-22(14)19(24-13-25-20)9-15-4-5-16(23)10-21(15)29-18-6-7-28-12-18/h4-5,8,10-11,13,18H,6-7,9,12H2,1-3H3/t18-/m0/s1. The lowest BCUT2D eigenvalue weighted by atomic mass is 10.0. The van der Waals surface area contributed by atoms with Crippen LogP contribution < -0.4 is 4.74 Å². The Hall–Kier alpha value is -2.58. The van der Waals surface area contributed by atoms with Crippen LogP contribution in [0.2, 0.25) is 0 Å². The fraction of sp³-hybridized carbons (Fsp3) is 0.364. The van der Waals surface area contributed by atoms with Crippen molar-refractivity contribution >= 4 is 26.3 Å². The molecule has 30 heavy (non-hydrogen) atoms. The van der Waals surface area contributed by atoms with Crippen LogP contribution in [0.4, 0.5) is 10.1 Å². The highest BCUT2D eigenvalue weighted by molar-refractivity contribution is 7.92. The van der Waals surface area contributed by atoms with Crippen molar-refractivity contribution in [2.45, 2.75) is 25.9 Å². The maximum absolute atomic E-state index is 13.9. The van der Waals surface area contributed by atoms with Crippen molar-refractivity contribution in [2.24, 2.45) is 4.36 Å². The van der Waals surface area contributed by atoms with Crippen molar-refractivity contribution in [2.75, 3.05) is 25.7 Å². The summed E-state index contributed by atoms with van der Waals surface area (Å²) in [5.41, 5.74) is 3.97. The van der Waals surface area contributed by atoms with Gasteiger partial charge in [0, 0.05) is 52.1 Å². The molecule has 0 radical (unpaired) electrons. The van der Waals surface area contributed by atoms with Crippen LogP contribution in [-0.4, -0.2) is 46.0 Å². The molecule has 0 N–H and O–H groups in total. The van der Waals surface area contributed by atoms with Crippen LogP contribution in [-0.2, 0) is 20.9 Å². The third kappa shape index (κ3) is 4.76. The number of benzene rings is 2. The molecule has 2 aromatic carbocycles. The predicted molar refractivity (Wildman–Crippen MR) is 115 cm³/mol. The van der Waals surface area contributed by atoms with E-state index >= 15 is 0 Å². The van der Waals surface area contributed by atoms with E-state index in [0.29, 0.717) is 31.1 Å². The number of fused-ring (bicyclic) bond motifs is 1. The summed E-state index contributed by atoms with van der Waals surface area (Å²) in [5, 5.41) is 0.912. The lowest BCUT2D eigenvalue weighted by Gasteiger charge is -2.16. The minimum atomic E-state index is -2.27. The van der Waals surface area contributed by atoms with Crippen LogP contribution in [0.1, 0.15) is 23.2 Å². The molecule has 4 rings (SSSR count). The van der Waals surface area contributed by atoms with E-state index in [4.69, 9.17) is 9.47 Å². The van der Waals surface area contributed by atoms with Crippen LogP contribution >= 0.6 is 0 Å². The van der Waals surface area contributed by atoms with Crippen LogP contribution in [0.15, 0.2) is 41.0 Å². The lowest BCUT2D eigenvalue weighted by molar-refractivity contribution is 0.140. The molecule has 1 atom stereocenters. The molecule has 1 saturated heterocycles. The van der Waals surface area contributed by atoms with Crippen molar-refractivity contribution in [1.82, 2.24) is 9.97 Å². The Kier molecular flexibility index (Phi) is 5.71. The van der Waals surface area contributed by atoms with Gasteiger partial charge in [-0.1, -0.05) is 6.07 Å². The molecule has 0 aliphatic carbocycles. The van der Waals surface area contributed by atoms with E-state index in [1.807, 2.05) is 19.1 Å². The van der Waals surface area contributed by atoms with E-state index in [-0.39, 0.29) is 11.9 Å². The lowest BCUT2D eigenvalue weighted by Crippen LogP contribution is -2.17. The molecule has 1 aliphatic rings. The first kappa shape index (κ1) is 20.7. The molecule has 0 unspecified atom stereocenters. The molecule has 8 heteroatoms. The summed E-state index contributed by atoms with van der Waals surface area (Å²) >= 11 is 0. The van der Waals surface area contributed by atoms with Crippen molar-refractivity contribution < 1.29 is 18.1 Å². The molecule has 158 valence electrons. The molecule has 6 nitrogen and oxygen atoms in total. The average molecular weight is 430 g/mol. The molecule has 1 aliphatic heterocycles. The van der Waals surface area contributed by atoms with Gasteiger partial charge in [-0.25, -0.2) is 18.6 Å². The first-order valence-electron chi connectivity index (χ1n) is 9.73. The predicted octanol–water partition coefficient (Wildman–Crippen LogP) is 4.19. The zero-order valence-electron chi connectivity index (χ0n) is 17.2. The zero-order chi connectivity index (χ0) is 21.3. The van der Waals surface area contributed by atoms with Gasteiger partial charge >= 0.3 is 0 Å². The maximum atomic E-state index is 13.9. The number of rotatable bonds is 5. The first-order valence-corrected chi connectivity index (χ1v) is 12.1. The first-order chi connectivity index (χ1) is 14.3. The summed E-state index contributed by atoms with van der Waals surface area (Å²) in [6, 6.07) is 8.29. The number of aromatic nitrogens is 2. The summed E-state index contributed by atoms with van der Waals surface area (Å²) < 4.78 is 41.6. The number of halogens is 1. The van der Waals surface area contributed by atoms with E-state index < -0.39 is 9.73 Å². The third-order valence-electron chi connectivity index (χ3n) is 4.89. The van der Waals surface area contributed by atoms with E-state index in [0.717, 1.165) is 34.1 Å². The summed E-state index contributed by atoms with van der Waals surface area (Å²) in [5.74, 6) is 0.170. The van der Waals surface area contributed by atoms with Crippen molar-refractivity contribution in [1.29, 1.82) is 0 Å². The Morgan fingerprint density at radius 2 is 2.10 bits per heavy atom. The number of ether oxygens (including phenoxy) is 2. The molecule has 1 aromatic heterocycles. The van der Waals surface area contributed by atoms with E-state index in [1.165, 1.54) is 18.5 Å². The third-order valence-corrected chi connectivity index (χ3v) is 5.54. The normalized spacial score (nSPS) is 16.7. The van der Waals surface area contributed by atoms with Gasteiger partial charge in [0.2, 0.25) is 0 Å². The number of hydrogen-bond acceptors (Lipinski definition) is 6. The summed E-state index contributed by atoms with van der Waals surface area (Å²) in [4.78, 5) is 8.87. The maximum Gasteiger partial charge on any atom is 0.126 e. The van der Waals surface area contributed by atoms with Crippen molar-refractivity contribution in [3.63, 3.8) is 0 Å². The van der Waals surface area contributed by atoms with Gasteiger partial charge in [-0.05, 0) is 30.7 Å². The van der Waals surface area contributed by atoms with Gasteiger partial charge in [-0.15, -0.1) is 0 Å². The van der Waals surface area contributed by atoms with E-state index in [9.17, 15) is 8.60 Å². The molecule has 2 heterocycles. The zero-order valence-corrected chi connectivity index (χ0v) is 18.0. The smallest absolute Gasteiger partial charge is 0.126 e. The Morgan fingerprint density at radius 3 is 2.83 bits per heavy atom. The summed E-state index contributed by atoms with van der Waals surface area (Å²) in [6.45, 7) is 3.12. The largest absolute Gasteiger partial charge is 0.488 e. The number of nitrogens with zero attached hydrogens (tertiary/aromatic N) is 3. The Balaban J connectivity index is 1.73. The monoisotopic (exact) mass is 429 g/mol. The molecule has 0 spiro atoms. The fourth-order valence-electron chi connectivity index (χ4n) is 3.64. The number of hydrogen-bond donors (Lipinski definition) is 0. The second kappa shape index (κ2) is 8.28. The van der Waals surface area contributed by atoms with Gasteiger partial charge in [0.05, 0.1) is 30.1 Å². The highest BCUT2D eigenvalue weighted by Gasteiger charge is 2.20. The SMILES string of the molecule is Cc1cc(N=S(C)(C)=O)cc2ncnc(Cc3ccc(F)cc3O[C@H]3CCOC3)c12. The molecular weight excluding hydrogens is 405 g/mol. The highest BCUT2D eigenvalue weighted by atomic mass is 32.2. The Bertz CT molecular complexity index is 1210. The van der Waals surface area contributed by atoms with E-state index in [1.54, 1.807) is 18.6 Å². The van der Waals surface area contributed by atoms with Crippen LogP contribution in [0.5, 0.6) is 5.75 Å². The van der Waals surface area contributed by atoms with Gasteiger partial charge in [-0.2, -0.15) is 4.36 Å². The average Bonchev–Trinajstić information content (AvgIpc) is 3.15. The van der Waals surface area contributed by atoms with Gasteiger partial charge in [0.25, 0.3) is 0 Å². The number of aryl methyl sites for hydroxylation is 1. The van der Waals surface area contributed by atoms with Gasteiger partial charge in [-0.3, -0.25) is 0 Å². The minimum Gasteiger partial charge on any atom is -0.488 e. The van der Waals surface area contributed by atoms with Gasteiger partial charge in [0.1, 0.15) is 24.0 Å². The van der Waals surface area contributed by atoms with Gasteiger partial charge in [0.15, 0.2) is 0 Å². The molecule has 1 fully saturated rings. The second-order valence-electron chi connectivity index (χ2n) is 7.78. The molecular formula is C22H24FN3O3S. The van der Waals surface area contributed by atoms with Crippen molar-refractivity contribution in [3.05, 3.63) is 59.3 Å². The Morgan fingerprint density at radius 1 is 1.27 bits per heavy atom. The fourth-order valence-corrected chi connectivity index (χ4v) is 4.26. The van der Waals surface area contributed by atoms with Crippen LogP contribution in [0, 0.1) is 12.7 Å². The molecule has 0 saturated carbocycles. The van der Waals surface area contributed by atoms with Crippen LogP contribution in [0.25, 0.3) is 10.9 Å². The quantitative estimate of drug-likeness (QED) is 0.608. The van der Waals surface area contributed by atoms with Gasteiger partial charge < -0.3 is 9.47 Å². The molecule has 0 amide bonds. The van der Waals surface area contributed by atoms with E-state index in [2.05, 4.69) is 14.3 Å². The second-order valence-corrected chi connectivity index (χ2v) is 10.3. The molecule has 3 aromatic rings. The highest BCUT2D eigenvalue weighted by Crippen LogP contribution is 2.30. The summed E-state index contributed by atoms with van der Waals surface area (Å²) in [7, 11) is -2.27. The molecule has 0 bridgehead atoms.